The molecule has 0 bridgehead atoms. The van der Waals surface area contributed by atoms with Crippen LogP contribution in [0.1, 0.15) is 11.1 Å². The molecule has 0 aliphatic rings. The summed E-state index contributed by atoms with van der Waals surface area (Å²) < 4.78 is 3.29. The van der Waals surface area contributed by atoms with Crippen LogP contribution in [0.5, 0.6) is 0 Å². The van der Waals surface area contributed by atoms with Crippen LogP contribution < -0.4 is 5.73 Å². The summed E-state index contributed by atoms with van der Waals surface area (Å²) in [4.78, 5) is 0. The van der Waals surface area contributed by atoms with Gasteiger partial charge < -0.3 is 10.3 Å². The van der Waals surface area contributed by atoms with E-state index in [2.05, 4.69) is 51.1 Å². The number of halogens is 1. The smallest absolute Gasteiger partial charge is 0.0481 e. The van der Waals surface area contributed by atoms with Gasteiger partial charge in [-0.05, 0) is 23.3 Å². The summed E-state index contributed by atoms with van der Waals surface area (Å²) in [7, 11) is 0. The first kappa shape index (κ1) is 10.5. The molecular formula is C12H13BrN2. The van der Waals surface area contributed by atoms with Crippen LogP contribution in [0.3, 0.4) is 0 Å². The highest BCUT2D eigenvalue weighted by Gasteiger charge is 2.00. The van der Waals surface area contributed by atoms with E-state index >= 15 is 0 Å². The third-order valence-electron chi connectivity index (χ3n) is 2.36. The molecule has 3 heteroatoms. The van der Waals surface area contributed by atoms with Crippen LogP contribution in [-0.2, 0) is 13.1 Å². The fourth-order valence-corrected chi connectivity index (χ4v) is 1.94. The second kappa shape index (κ2) is 4.64. The zero-order chi connectivity index (χ0) is 10.7. The predicted octanol–water partition coefficient (Wildman–Crippen LogP) is 2.76. The Morgan fingerprint density at radius 2 is 2.00 bits per heavy atom. The van der Waals surface area contributed by atoms with Crippen molar-refractivity contribution in [1.82, 2.24) is 4.57 Å². The summed E-state index contributed by atoms with van der Waals surface area (Å²) in [5, 5.41) is 0. The Labute approximate surface area is 97.8 Å². The van der Waals surface area contributed by atoms with E-state index in [0.717, 1.165) is 11.0 Å². The molecule has 0 amide bonds. The molecule has 0 saturated heterocycles. The van der Waals surface area contributed by atoms with Crippen LogP contribution in [0.2, 0.25) is 0 Å². The van der Waals surface area contributed by atoms with Gasteiger partial charge in [0.25, 0.3) is 0 Å². The van der Waals surface area contributed by atoms with Crippen molar-refractivity contribution in [2.75, 3.05) is 0 Å². The van der Waals surface area contributed by atoms with Gasteiger partial charge in [0.2, 0.25) is 0 Å². The van der Waals surface area contributed by atoms with Crippen molar-refractivity contribution in [3.63, 3.8) is 0 Å². The van der Waals surface area contributed by atoms with Crippen molar-refractivity contribution >= 4 is 15.9 Å². The van der Waals surface area contributed by atoms with Gasteiger partial charge in [-0.2, -0.15) is 0 Å². The first-order valence-electron chi connectivity index (χ1n) is 4.87. The van der Waals surface area contributed by atoms with Crippen LogP contribution in [0.25, 0.3) is 0 Å². The third-order valence-corrected chi connectivity index (χ3v) is 3.13. The zero-order valence-electron chi connectivity index (χ0n) is 8.36. The van der Waals surface area contributed by atoms with Gasteiger partial charge in [-0.1, -0.05) is 34.1 Å². The van der Waals surface area contributed by atoms with E-state index in [1.54, 1.807) is 0 Å². The summed E-state index contributed by atoms with van der Waals surface area (Å²) in [6.07, 6.45) is 4.14. The lowest BCUT2D eigenvalue weighted by Gasteiger charge is -2.05. The van der Waals surface area contributed by atoms with Gasteiger partial charge in [-0.15, -0.1) is 0 Å². The maximum absolute atomic E-state index is 5.56. The molecule has 15 heavy (non-hydrogen) atoms. The zero-order valence-corrected chi connectivity index (χ0v) is 9.94. The monoisotopic (exact) mass is 264 g/mol. The summed E-state index contributed by atoms with van der Waals surface area (Å²) in [5.41, 5.74) is 8.01. The quantitative estimate of drug-likeness (QED) is 0.908. The molecule has 0 fully saturated rings. The van der Waals surface area contributed by atoms with Gasteiger partial charge in [0, 0.05) is 30.0 Å². The molecule has 2 aromatic rings. The van der Waals surface area contributed by atoms with Crippen molar-refractivity contribution in [1.29, 1.82) is 0 Å². The number of rotatable bonds is 3. The molecule has 0 spiro atoms. The lowest BCUT2D eigenvalue weighted by atomic mass is 10.2. The van der Waals surface area contributed by atoms with Gasteiger partial charge in [-0.25, -0.2) is 0 Å². The minimum atomic E-state index is 0.600. The minimum absolute atomic E-state index is 0.600. The lowest BCUT2D eigenvalue weighted by Crippen LogP contribution is -1.98. The third kappa shape index (κ3) is 2.49. The lowest BCUT2D eigenvalue weighted by molar-refractivity contribution is 0.798. The molecule has 0 atom stereocenters. The molecule has 78 valence electrons. The molecule has 1 aromatic carbocycles. The second-order valence-electron chi connectivity index (χ2n) is 3.49. The van der Waals surface area contributed by atoms with Crippen molar-refractivity contribution in [2.24, 2.45) is 5.73 Å². The topological polar surface area (TPSA) is 30.9 Å². The van der Waals surface area contributed by atoms with Gasteiger partial charge in [0.05, 0.1) is 0 Å². The maximum Gasteiger partial charge on any atom is 0.0481 e. The highest BCUT2D eigenvalue weighted by Crippen LogP contribution is 2.17. The van der Waals surface area contributed by atoms with Gasteiger partial charge in [0.15, 0.2) is 0 Å². The summed E-state index contributed by atoms with van der Waals surface area (Å²) >= 11 is 3.54. The standard InChI is InChI=1S/C12H13BrN2/c13-12-4-2-1-3-11(12)9-15-6-5-10(7-14)8-15/h1-6,8H,7,9,14H2. The van der Waals surface area contributed by atoms with E-state index in [1.807, 2.05) is 12.1 Å². The number of benzene rings is 1. The van der Waals surface area contributed by atoms with Crippen LogP contribution in [0, 0.1) is 0 Å². The number of nitrogens with zero attached hydrogens (tertiary/aromatic N) is 1. The average Bonchev–Trinajstić information content (AvgIpc) is 2.69. The fourth-order valence-electron chi connectivity index (χ4n) is 1.53. The molecular weight excluding hydrogens is 252 g/mol. The first-order valence-corrected chi connectivity index (χ1v) is 5.67. The number of hydrogen-bond acceptors (Lipinski definition) is 1. The van der Waals surface area contributed by atoms with Crippen molar-refractivity contribution < 1.29 is 0 Å². The van der Waals surface area contributed by atoms with E-state index in [1.165, 1.54) is 11.1 Å². The Kier molecular flexibility index (Phi) is 3.23. The largest absolute Gasteiger partial charge is 0.350 e. The molecule has 2 rings (SSSR count). The molecule has 1 aromatic heterocycles. The normalized spacial score (nSPS) is 10.5. The van der Waals surface area contributed by atoms with Crippen LogP contribution in [-0.4, -0.2) is 4.57 Å². The van der Waals surface area contributed by atoms with E-state index in [9.17, 15) is 0 Å². The van der Waals surface area contributed by atoms with Gasteiger partial charge >= 0.3 is 0 Å². The summed E-state index contributed by atoms with van der Waals surface area (Å²) in [5.74, 6) is 0. The predicted molar refractivity (Wildman–Crippen MR) is 65.6 cm³/mol. The molecule has 0 aliphatic carbocycles. The van der Waals surface area contributed by atoms with Crippen LogP contribution in [0.4, 0.5) is 0 Å². The van der Waals surface area contributed by atoms with Gasteiger partial charge in [0.1, 0.15) is 0 Å². The van der Waals surface area contributed by atoms with Crippen LogP contribution >= 0.6 is 15.9 Å². The molecule has 0 aliphatic heterocycles. The van der Waals surface area contributed by atoms with Crippen molar-refractivity contribution in [3.8, 4) is 0 Å². The molecule has 1 heterocycles. The Morgan fingerprint density at radius 1 is 1.20 bits per heavy atom. The summed E-state index contributed by atoms with van der Waals surface area (Å²) in [6.45, 7) is 1.48. The van der Waals surface area contributed by atoms with Crippen molar-refractivity contribution in [2.45, 2.75) is 13.1 Å². The molecule has 0 unspecified atom stereocenters. The highest BCUT2D eigenvalue weighted by molar-refractivity contribution is 9.10. The number of aromatic nitrogens is 1. The molecule has 2 N–H and O–H groups in total. The number of hydrogen-bond donors (Lipinski definition) is 1. The Balaban J connectivity index is 2.18. The van der Waals surface area contributed by atoms with Crippen LogP contribution in [0.15, 0.2) is 47.2 Å². The molecule has 0 radical (unpaired) electrons. The first-order chi connectivity index (χ1) is 7.29. The van der Waals surface area contributed by atoms with Crippen molar-refractivity contribution in [3.05, 3.63) is 58.3 Å². The van der Waals surface area contributed by atoms with E-state index in [4.69, 9.17) is 5.73 Å². The van der Waals surface area contributed by atoms with Gasteiger partial charge in [-0.3, -0.25) is 0 Å². The SMILES string of the molecule is NCc1ccn(Cc2ccccc2Br)c1. The Bertz CT molecular complexity index is 448. The average molecular weight is 265 g/mol. The Morgan fingerprint density at radius 3 is 2.67 bits per heavy atom. The molecule has 2 nitrogen and oxygen atoms in total. The molecule has 0 saturated carbocycles. The minimum Gasteiger partial charge on any atom is -0.350 e. The maximum atomic E-state index is 5.56. The summed E-state index contributed by atoms with van der Waals surface area (Å²) in [6, 6.07) is 10.3. The highest BCUT2D eigenvalue weighted by atomic mass is 79.9. The second-order valence-corrected chi connectivity index (χ2v) is 4.34. The van der Waals surface area contributed by atoms with E-state index in [-0.39, 0.29) is 0 Å². The Hall–Kier alpha value is -1.06. The van der Waals surface area contributed by atoms with E-state index in [0.29, 0.717) is 6.54 Å². The number of nitrogens with two attached hydrogens (primary N) is 1. The van der Waals surface area contributed by atoms with E-state index < -0.39 is 0 Å². The fraction of sp³-hybridized carbons (Fsp3) is 0.167.